The monoisotopic (exact) mass is 437 g/mol. The molecule has 0 bridgehead atoms. The number of halogens is 4. The van der Waals surface area contributed by atoms with Crippen molar-refractivity contribution in [1.82, 2.24) is 15.1 Å². The van der Waals surface area contributed by atoms with E-state index in [4.69, 9.17) is 4.42 Å². The summed E-state index contributed by atoms with van der Waals surface area (Å²) in [5, 5.41) is 8.66. The van der Waals surface area contributed by atoms with Gasteiger partial charge in [0.05, 0.1) is 17.8 Å². The van der Waals surface area contributed by atoms with Crippen LogP contribution in [-0.4, -0.2) is 15.1 Å². The Bertz CT molecular complexity index is 1290. The summed E-state index contributed by atoms with van der Waals surface area (Å²) < 4.78 is 60.9. The fourth-order valence-electron chi connectivity index (χ4n) is 2.72. The molecule has 0 aliphatic heterocycles. The molecular weight excluding hydrogens is 426 g/mol. The van der Waals surface area contributed by atoms with E-state index in [1.165, 1.54) is 24.8 Å². The summed E-state index contributed by atoms with van der Waals surface area (Å²) in [7, 11) is 0. The number of nitrogens with zero attached hydrogens (tertiary/aromatic N) is 3. The second kappa shape index (κ2) is 7.66. The second-order valence-electron chi connectivity index (χ2n) is 6.33. The molecule has 0 aliphatic carbocycles. The first-order valence-corrected chi connectivity index (χ1v) is 8.62. The van der Waals surface area contributed by atoms with Crippen LogP contribution >= 0.6 is 0 Å². The lowest BCUT2D eigenvalue weighted by Crippen LogP contribution is -2.37. The maximum absolute atomic E-state index is 14.4. The van der Waals surface area contributed by atoms with Crippen molar-refractivity contribution in [1.29, 1.82) is 0 Å². The molecule has 0 unspecified atom stereocenters. The number of anilines is 2. The van der Waals surface area contributed by atoms with E-state index in [1.54, 1.807) is 0 Å². The van der Waals surface area contributed by atoms with Gasteiger partial charge in [-0.05, 0) is 17.7 Å². The zero-order chi connectivity index (χ0) is 22.2. The molecule has 4 rings (SSSR count). The Morgan fingerprint density at radius 1 is 1.03 bits per heavy atom. The molecule has 2 aromatic carbocycles. The Balaban J connectivity index is 1.45. The van der Waals surface area contributed by atoms with Crippen LogP contribution in [0.4, 0.5) is 28.9 Å². The van der Waals surface area contributed by atoms with Crippen LogP contribution in [0.25, 0.3) is 11.4 Å². The van der Waals surface area contributed by atoms with Crippen LogP contribution in [0, 0.1) is 5.82 Å². The molecular formula is C18H11F4N5O4. The van der Waals surface area contributed by atoms with E-state index in [0.717, 1.165) is 6.07 Å². The molecule has 0 amide bonds. The number of hydrogen-bond donors (Lipinski definition) is 2. The van der Waals surface area contributed by atoms with Gasteiger partial charge < -0.3 is 19.6 Å². The number of aromatic nitrogens is 3. The van der Waals surface area contributed by atoms with Gasteiger partial charge in [-0.3, -0.25) is 9.59 Å². The number of alkyl halides is 3. The molecule has 4 aromatic rings. The highest BCUT2D eigenvalue weighted by atomic mass is 19.4. The van der Waals surface area contributed by atoms with Crippen LogP contribution in [0.3, 0.4) is 0 Å². The van der Waals surface area contributed by atoms with Crippen molar-refractivity contribution in [3.63, 3.8) is 0 Å². The molecule has 9 nitrogen and oxygen atoms in total. The lowest BCUT2D eigenvalue weighted by Gasteiger charge is -2.14. The minimum absolute atomic E-state index is 0.0270. The van der Waals surface area contributed by atoms with E-state index in [0.29, 0.717) is 11.3 Å². The quantitative estimate of drug-likeness (QED) is 0.332. The molecule has 2 heterocycles. The molecule has 0 aliphatic rings. The van der Waals surface area contributed by atoms with Gasteiger partial charge in [-0.15, -0.1) is 0 Å². The average molecular weight is 437 g/mol. The molecule has 0 fully saturated rings. The Hall–Kier alpha value is -4.03. The summed E-state index contributed by atoms with van der Waals surface area (Å²) in [5.74, 6) is -3.02. The summed E-state index contributed by atoms with van der Waals surface area (Å²) in [5.41, 5.74) is -0.742. The van der Waals surface area contributed by atoms with Crippen molar-refractivity contribution in [2.24, 2.45) is 0 Å². The van der Waals surface area contributed by atoms with Gasteiger partial charge in [-0.25, -0.2) is 9.37 Å². The number of oxazole rings is 1. The first kappa shape index (κ1) is 20.3. The topological polar surface area (TPSA) is 123 Å². The Morgan fingerprint density at radius 3 is 2.32 bits per heavy atom. The maximum atomic E-state index is 14.4. The standard InChI is InChI=1S/C18H11F4N5O4/c19-11-3-8(1-2-10(11)16-26-17(31-27-16)18(20,21)22)4-23-12-13(15(29)14(12)28)24-5-9-6-30-7-25-9/h1-3,6-7,23-24H,4-5H2. The van der Waals surface area contributed by atoms with Crippen LogP contribution < -0.4 is 21.5 Å². The zero-order valence-electron chi connectivity index (χ0n) is 15.3. The zero-order valence-corrected chi connectivity index (χ0v) is 15.3. The van der Waals surface area contributed by atoms with Crippen molar-refractivity contribution in [3.05, 3.63) is 74.3 Å². The minimum Gasteiger partial charge on any atom is -0.451 e. The van der Waals surface area contributed by atoms with E-state index < -0.39 is 34.6 Å². The fraction of sp³-hybridized carbons (Fsp3) is 0.167. The van der Waals surface area contributed by atoms with Gasteiger partial charge in [0.25, 0.3) is 10.9 Å². The maximum Gasteiger partial charge on any atom is 0.471 e. The number of hydrogen-bond acceptors (Lipinski definition) is 9. The van der Waals surface area contributed by atoms with Crippen molar-refractivity contribution < 1.29 is 26.5 Å². The van der Waals surface area contributed by atoms with E-state index >= 15 is 0 Å². The average Bonchev–Trinajstić information content (AvgIpc) is 3.41. The first-order chi connectivity index (χ1) is 14.7. The third-order valence-electron chi connectivity index (χ3n) is 4.25. The van der Waals surface area contributed by atoms with Crippen molar-refractivity contribution in [2.45, 2.75) is 19.3 Å². The highest BCUT2D eigenvalue weighted by molar-refractivity contribution is 5.74. The van der Waals surface area contributed by atoms with Crippen molar-refractivity contribution in [3.8, 4) is 11.4 Å². The summed E-state index contributed by atoms with van der Waals surface area (Å²) in [6, 6.07) is 3.63. The molecule has 2 aromatic heterocycles. The minimum atomic E-state index is -4.84. The lowest BCUT2D eigenvalue weighted by molar-refractivity contribution is -0.159. The van der Waals surface area contributed by atoms with Gasteiger partial charge in [0, 0.05) is 6.54 Å². The first-order valence-electron chi connectivity index (χ1n) is 8.62. The molecule has 0 saturated heterocycles. The second-order valence-corrected chi connectivity index (χ2v) is 6.33. The summed E-state index contributed by atoms with van der Waals surface area (Å²) in [6.45, 7) is 0.130. The predicted octanol–water partition coefficient (Wildman–Crippen LogP) is 2.70. The molecule has 0 saturated carbocycles. The number of benzene rings is 1. The van der Waals surface area contributed by atoms with E-state index in [1.807, 2.05) is 0 Å². The highest BCUT2D eigenvalue weighted by Crippen LogP contribution is 2.30. The van der Waals surface area contributed by atoms with E-state index in [9.17, 15) is 27.2 Å². The van der Waals surface area contributed by atoms with Gasteiger partial charge >= 0.3 is 12.1 Å². The van der Waals surface area contributed by atoms with Gasteiger partial charge in [0.15, 0.2) is 6.39 Å². The lowest BCUT2D eigenvalue weighted by atomic mass is 10.1. The van der Waals surface area contributed by atoms with E-state index in [-0.39, 0.29) is 30.0 Å². The van der Waals surface area contributed by atoms with Crippen molar-refractivity contribution in [2.75, 3.05) is 10.6 Å². The van der Waals surface area contributed by atoms with Gasteiger partial charge in [-0.2, -0.15) is 18.2 Å². The van der Waals surface area contributed by atoms with Crippen molar-refractivity contribution >= 4 is 11.4 Å². The Morgan fingerprint density at radius 2 is 1.74 bits per heavy atom. The molecule has 13 heteroatoms. The molecule has 0 spiro atoms. The summed E-state index contributed by atoms with van der Waals surface area (Å²) in [6.07, 6.45) is -2.25. The molecule has 160 valence electrons. The van der Waals surface area contributed by atoms with Gasteiger partial charge in [0.1, 0.15) is 23.5 Å². The van der Waals surface area contributed by atoms with Crippen LogP contribution in [0.15, 0.2) is 49.4 Å². The third kappa shape index (κ3) is 4.01. The summed E-state index contributed by atoms with van der Waals surface area (Å²) >= 11 is 0. The molecule has 2 N–H and O–H groups in total. The normalized spacial score (nSPS) is 11.7. The Labute approximate surface area is 169 Å². The number of nitrogens with one attached hydrogen (secondary N) is 2. The molecule has 0 atom stereocenters. The van der Waals surface area contributed by atoms with E-state index in [2.05, 4.69) is 30.3 Å². The SMILES string of the molecule is O=c1c(NCc2ccc(-c3noc(C(F)(F)F)n3)c(F)c2)c(NCc2cocn2)c1=O. The largest absolute Gasteiger partial charge is 0.471 e. The Kier molecular flexibility index (Phi) is 5.01. The van der Waals surface area contributed by atoms with Crippen LogP contribution in [0.5, 0.6) is 0 Å². The fourth-order valence-corrected chi connectivity index (χ4v) is 2.72. The van der Waals surface area contributed by atoms with Crippen LogP contribution in [0.2, 0.25) is 0 Å². The number of rotatable bonds is 7. The van der Waals surface area contributed by atoms with Gasteiger partial charge in [-0.1, -0.05) is 11.2 Å². The van der Waals surface area contributed by atoms with Crippen LogP contribution in [0.1, 0.15) is 17.1 Å². The van der Waals surface area contributed by atoms with Crippen LogP contribution in [-0.2, 0) is 19.3 Å². The predicted molar refractivity (Wildman–Crippen MR) is 97.2 cm³/mol. The molecule has 31 heavy (non-hydrogen) atoms. The highest BCUT2D eigenvalue weighted by Gasteiger charge is 2.38. The van der Waals surface area contributed by atoms with Gasteiger partial charge in [0.2, 0.25) is 5.82 Å². The molecule has 0 radical (unpaired) electrons. The smallest absolute Gasteiger partial charge is 0.451 e. The summed E-state index contributed by atoms with van der Waals surface area (Å²) in [4.78, 5) is 30.6. The third-order valence-corrected chi connectivity index (χ3v) is 4.25.